The quantitative estimate of drug-likeness (QED) is 0.757. The molecule has 1 heterocycles. The fourth-order valence-electron chi connectivity index (χ4n) is 3.15. The summed E-state index contributed by atoms with van der Waals surface area (Å²) in [5.41, 5.74) is 3.01. The van der Waals surface area contributed by atoms with Gasteiger partial charge >= 0.3 is 0 Å². The Morgan fingerprint density at radius 2 is 1.90 bits per heavy atom. The molecule has 0 aliphatic heterocycles. The molecular weight excluding hydrogens is 274 g/mol. The topological polar surface area (TPSA) is 12.0 Å². The molecular formula is C19H25NS. The minimum absolute atomic E-state index is 0.364. The van der Waals surface area contributed by atoms with Gasteiger partial charge in [-0.3, -0.25) is 0 Å². The molecule has 1 atom stereocenters. The zero-order valence-electron chi connectivity index (χ0n) is 12.9. The molecule has 0 saturated heterocycles. The Morgan fingerprint density at radius 1 is 1.10 bits per heavy atom. The molecule has 3 rings (SSSR count). The first-order valence-corrected chi connectivity index (χ1v) is 9.10. The summed E-state index contributed by atoms with van der Waals surface area (Å²) >= 11 is 2.04. The number of fused-ring (bicyclic) bond motifs is 1. The Kier molecular flexibility index (Phi) is 5.10. The van der Waals surface area contributed by atoms with E-state index in [0.29, 0.717) is 6.04 Å². The van der Waals surface area contributed by atoms with Gasteiger partial charge in [-0.05, 0) is 55.8 Å². The molecule has 1 N–H and O–H groups in total. The Hall–Kier alpha value is -1.12. The zero-order valence-corrected chi connectivity index (χ0v) is 13.7. The second-order valence-electron chi connectivity index (χ2n) is 5.96. The van der Waals surface area contributed by atoms with Crippen LogP contribution in [0.3, 0.4) is 0 Å². The summed E-state index contributed by atoms with van der Waals surface area (Å²) in [7, 11) is 0. The van der Waals surface area contributed by atoms with E-state index in [-0.39, 0.29) is 0 Å². The molecule has 0 fully saturated rings. The lowest BCUT2D eigenvalue weighted by Crippen LogP contribution is -2.22. The molecule has 1 aliphatic carbocycles. The van der Waals surface area contributed by atoms with E-state index in [9.17, 15) is 0 Å². The van der Waals surface area contributed by atoms with Crippen LogP contribution in [0.2, 0.25) is 0 Å². The molecule has 2 aromatic rings. The zero-order chi connectivity index (χ0) is 14.5. The molecule has 0 bridgehead atoms. The fourth-order valence-corrected chi connectivity index (χ4v) is 4.51. The van der Waals surface area contributed by atoms with Crippen LogP contribution >= 0.6 is 11.3 Å². The van der Waals surface area contributed by atoms with E-state index in [2.05, 4.69) is 48.6 Å². The first-order valence-electron chi connectivity index (χ1n) is 8.28. The standard InChI is InChI=1S/C19H25NS/c1-2-13-20-19(15-9-5-3-6-10-15)18-14-16-11-7-4-8-12-17(16)21-18/h3,5-6,9-10,14,19-20H,2,4,7-8,11-13H2,1H3. The molecule has 0 amide bonds. The van der Waals surface area contributed by atoms with Crippen molar-refractivity contribution >= 4 is 11.3 Å². The van der Waals surface area contributed by atoms with Gasteiger partial charge in [-0.25, -0.2) is 0 Å². The van der Waals surface area contributed by atoms with Gasteiger partial charge in [-0.1, -0.05) is 43.7 Å². The van der Waals surface area contributed by atoms with Gasteiger partial charge in [0.1, 0.15) is 0 Å². The molecule has 0 saturated carbocycles. The summed E-state index contributed by atoms with van der Waals surface area (Å²) in [5, 5.41) is 3.74. The highest BCUT2D eigenvalue weighted by atomic mass is 32.1. The number of aryl methyl sites for hydroxylation is 2. The normalized spacial score (nSPS) is 16.2. The van der Waals surface area contributed by atoms with Crippen LogP contribution in [0.25, 0.3) is 0 Å². The van der Waals surface area contributed by atoms with E-state index < -0.39 is 0 Å². The molecule has 1 aliphatic rings. The van der Waals surface area contributed by atoms with Gasteiger partial charge < -0.3 is 5.32 Å². The first-order chi connectivity index (χ1) is 10.4. The van der Waals surface area contributed by atoms with Gasteiger partial charge in [-0.15, -0.1) is 11.3 Å². The number of hydrogen-bond acceptors (Lipinski definition) is 2. The number of thiophene rings is 1. The van der Waals surface area contributed by atoms with Crippen molar-refractivity contribution in [2.45, 2.75) is 51.5 Å². The van der Waals surface area contributed by atoms with Crippen LogP contribution in [0.1, 0.15) is 59.5 Å². The maximum Gasteiger partial charge on any atom is 0.0671 e. The van der Waals surface area contributed by atoms with E-state index in [1.807, 2.05) is 11.3 Å². The third kappa shape index (κ3) is 3.56. The predicted octanol–water partition coefficient (Wildman–Crippen LogP) is 5.11. The summed E-state index contributed by atoms with van der Waals surface area (Å²) in [4.78, 5) is 3.14. The number of hydrogen-bond donors (Lipinski definition) is 1. The van der Waals surface area contributed by atoms with E-state index in [0.717, 1.165) is 6.54 Å². The lowest BCUT2D eigenvalue weighted by atomic mass is 10.0. The maximum atomic E-state index is 3.74. The van der Waals surface area contributed by atoms with Crippen molar-refractivity contribution in [1.82, 2.24) is 5.32 Å². The van der Waals surface area contributed by atoms with E-state index in [1.54, 1.807) is 10.4 Å². The third-order valence-electron chi connectivity index (χ3n) is 4.28. The number of benzene rings is 1. The van der Waals surface area contributed by atoms with Gasteiger partial charge in [0, 0.05) is 9.75 Å². The van der Waals surface area contributed by atoms with Crippen molar-refractivity contribution in [3.8, 4) is 0 Å². The number of rotatable bonds is 5. The fraction of sp³-hybridized carbons (Fsp3) is 0.474. The molecule has 0 radical (unpaired) electrons. The van der Waals surface area contributed by atoms with E-state index >= 15 is 0 Å². The average molecular weight is 299 g/mol. The minimum atomic E-state index is 0.364. The van der Waals surface area contributed by atoms with Crippen molar-refractivity contribution < 1.29 is 0 Å². The second kappa shape index (κ2) is 7.24. The summed E-state index contributed by atoms with van der Waals surface area (Å²) < 4.78 is 0. The van der Waals surface area contributed by atoms with Gasteiger partial charge in [-0.2, -0.15) is 0 Å². The van der Waals surface area contributed by atoms with Crippen LogP contribution in [0.5, 0.6) is 0 Å². The van der Waals surface area contributed by atoms with Gasteiger partial charge in [0.25, 0.3) is 0 Å². The summed E-state index contributed by atoms with van der Waals surface area (Å²) in [6.07, 6.45) is 7.87. The minimum Gasteiger partial charge on any atom is -0.306 e. The molecule has 112 valence electrons. The van der Waals surface area contributed by atoms with Crippen LogP contribution < -0.4 is 5.32 Å². The van der Waals surface area contributed by atoms with Crippen LogP contribution in [-0.4, -0.2) is 6.54 Å². The molecule has 21 heavy (non-hydrogen) atoms. The van der Waals surface area contributed by atoms with Gasteiger partial charge in [0.2, 0.25) is 0 Å². The third-order valence-corrected chi connectivity index (χ3v) is 5.58. The average Bonchev–Trinajstić information content (AvgIpc) is 2.79. The Morgan fingerprint density at radius 3 is 2.71 bits per heavy atom. The van der Waals surface area contributed by atoms with Crippen molar-refractivity contribution in [1.29, 1.82) is 0 Å². The molecule has 0 spiro atoms. The van der Waals surface area contributed by atoms with Gasteiger partial charge in [0.15, 0.2) is 0 Å². The van der Waals surface area contributed by atoms with E-state index in [1.165, 1.54) is 49.0 Å². The smallest absolute Gasteiger partial charge is 0.0671 e. The lowest BCUT2D eigenvalue weighted by molar-refractivity contribution is 0.605. The molecule has 1 aromatic heterocycles. The lowest BCUT2D eigenvalue weighted by Gasteiger charge is -2.17. The summed E-state index contributed by atoms with van der Waals surface area (Å²) in [6, 6.07) is 13.7. The highest BCUT2D eigenvalue weighted by Crippen LogP contribution is 2.34. The van der Waals surface area contributed by atoms with Crippen molar-refractivity contribution in [2.75, 3.05) is 6.54 Å². The number of nitrogens with one attached hydrogen (secondary N) is 1. The van der Waals surface area contributed by atoms with Crippen LogP contribution in [-0.2, 0) is 12.8 Å². The first kappa shape index (κ1) is 14.8. The van der Waals surface area contributed by atoms with Crippen molar-refractivity contribution in [3.63, 3.8) is 0 Å². The molecule has 1 aromatic carbocycles. The van der Waals surface area contributed by atoms with Crippen LogP contribution in [0, 0.1) is 0 Å². The van der Waals surface area contributed by atoms with E-state index in [4.69, 9.17) is 0 Å². The Labute approximate surface area is 132 Å². The second-order valence-corrected chi connectivity index (χ2v) is 7.12. The summed E-state index contributed by atoms with van der Waals surface area (Å²) in [5.74, 6) is 0. The Bertz CT molecular complexity index is 535. The van der Waals surface area contributed by atoms with Gasteiger partial charge in [0.05, 0.1) is 6.04 Å². The highest BCUT2D eigenvalue weighted by molar-refractivity contribution is 7.12. The largest absolute Gasteiger partial charge is 0.306 e. The van der Waals surface area contributed by atoms with Crippen molar-refractivity contribution in [2.24, 2.45) is 0 Å². The summed E-state index contributed by atoms with van der Waals surface area (Å²) in [6.45, 7) is 3.31. The SMILES string of the molecule is CCCNC(c1ccccc1)c1cc2c(s1)CCCCC2. The Balaban J connectivity index is 1.89. The molecule has 1 nitrogen and oxygen atoms in total. The monoisotopic (exact) mass is 299 g/mol. The molecule has 1 unspecified atom stereocenters. The molecule has 2 heteroatoms. The van der Waals surface area contributed by atoms with Crippen LogP contribution in [0.4, 0.5) is 0 Å². The maximum absolute atomic E-state index is 3.74. The van der Waals surface area contributed by atoms with Crippen molar-refractivity contribution in [3.05, 3.63) is 57.3 Å². The highest BCUT2D eigenvalue weighted by Gasteiger charge is 2.19. The van der Waals surface area contributed by atoms with Crippen LogP contribution in [0.15, 0.2) is 36.4 Å². The predicted molar refractivity (Wildman–Crippen MR) is 92.2 cm³/mol.